The molecule has 1 aromatic heterocycles. The first-order chi connectivity index (χ1) is 16.4. The van der Waals surface area contributed by atoms with Crippen LogP contribution in [0.25, 0.3) is 0 Å². The van der Waals surface area contributed by atoms with Gasteiger partial charge in [0.1, 0.15) is 17.5 Å². The van der Waals surface area contributed by atoms with Crippen LogP contribution in [0.5, 0.6) is 0 Å². The number of hydrogen-bond donors (Lipinski definition) is 3. The van der Waals surface area contributed by atoms with Gasteiger partial charge in [-0.3, -0.25) is 0 Å². The summed E-state index contributed by atoms with van der Waals surface area (Å²) in [6.45, 7) is 2.44. The first-order valence-electron chi connectivity index (χ1n) is 11.6. The molecule has 3 atom stereocenters. The van der Waals surface area contributed by atoms with E-state index in [9.17, 15) is 13.9 Å². The summed E-state index contributed by atoms with van der Waals surface area (Å²) in [5, 5.41) is 17.9. The minimum absolute atomic E-state index is 0.0682. The molecule has 0 bridgehead atoms. The number of nitrogens with one attached hydrogen (secondary N) is 2. The number of aliphatic hydroxyl groups excluding tert-OH is 1. The zero-order valence-corrected chi connectivity index (χ0v) is 19.8. The maximum Gasteiger partial charge on any atom is 0.224 e. The molecule has 3 unspecified atom stereocenters. The average Bonchev–Trinajstić information content (AvgIpc) is 2.81. The number of anilines is 1. The Morgan fingerprint density at radius 3 is 2.65 bits per heavy atom. The van der Waals surface area contributed by atoms with Gasteiger partial charge in [0, 0.05) is 24.8 Å². The lowest BCUT2D eigenvalue weighted by Gasteiger charge is -2.30. The molecule has 2 aromatic carbocycles. The minimum atomic E-state index is -0.861. The van der Waals surface area contributed by atoms with Crippen molar-refractivity contribution in [2.75, 3.05) is 11.9 Å². The van der Waals surface area contributed by atoms with Crippen molar-refractivity contribution >= 4 is 17.4 Å². The van der Waals surface area contributed by atoms with E-state index in [0.717, 1.165) is 31.7 Å². The predicted octanol–water partition coefficient (Wildman–Crippen LogP) is 5.02. The summed E-state index contributed by atoms with van der Waals surface area (Å²) in [4.78, 5) is 8.01. The van der Waals surface area contributed by atoms with Crippen LogP contribution < -0.4 is 10.6 Å². The Morgan fingerprint density at radius 1 is 1.12 bits per heavy atom. The van der Waals surface area contributed by atoms with E-state index in [2.05, 4.69) is 45.7 Å². The Kier molecular flexibility index (Phi) is 8.08. The van der Waals surface area contributed by atoms with Gasteiger partial charge >= 0.3 is 0 Å². The summed E-state index contributed by atoms with van der Waals surface area (Å²) in [7, 11) is 0. The number of aliphatic hydroxyl groups is 1. The number of halogens is 3. The van der Waals surface area contributed by atoms with Gasteiger partial charge in [0.25, 0.3) is 0 Å². The van der Waals surface area contributed by atoms with Gasteiger partial charge in [-0.05, 0) is 84.2 Å². The fraction of sp³-hybridized carbons (Fsp3) is 0.385. The highest BCUT2D eigenvalue weighted by molar-refractivity contribution is 6.28. The molecule has 1 aliphatic carbocycles. The Morgan fingerprint density at radius 2 is 1.91 bits per heavy atom. The second kappa shape index (κ2) is 11.2. The van der Waals surface area contributed by atoms with Gasteiger partial charge in [0.2, 0.25) is 5.28 Å². The van der Waals surface area contributed by atoms with Gasteiger partial charge in [-0.15, -0.1) is 0 Å². The van der Waals surface area contributed by atoms with Gasteiger partial charge in [0.05, 0.1) is 12.1 Å². The lowest BCUT2D eigenvalue weighted by atomic mass is 9.86. The summed E-state index contributed by atoms with van der Waals surface area (Å²) >= 11 is 5.91. The van der Waals surface area contributed by atoms with Gasteiger partial charge in [-0.25, -0.2) is 18.7 Å². The highest BCUT2D eigenvalue weighted by atomic mass is 35.5. The van der Waals surface area contributed by atoms with Crippen molar-refractivity contribution in [1.29, 1.82) is 0 Å². The maximum absolute atomic E-state index is 13.8. The number of aromatic nitrogens is 2. The lowest BCUT2D eigenvalue weighted by Crippen LogP contribution is -2.43. The van der Waals surface area contributed by atoms with Crippen LogP contribution in [0.1, 0.15) is 48.1 Å². The molecule has 0 aliphatic heterocycles. The fourth-order valence-corrected chi connectivity index (χ4v) is 4.70. The number of benzene rings is 2. The Balaban J connectivity index is 1.50. The van der Waals surface area contributed by atoms with Crippen molar-refractivity contribution in [1.82, 2.24) is 15.3 Å². The molecule has 0 spiro atoms. The van der Waals surface area contributed by atoms with Crippen LogP contribution in [-0.2, 0) is 19.3 Å². The molecule has 0 saturated carbocycles. The molecular formula is C26H29ClF2N4O. The van der Waals surface area contributed by atoms with Crippen LogP contribution in [0.2, 0.25) is 5.28 Å². The second-order valence-corrected chi connectivity index (χ2v) is 9.09. The largest absolute Gasteiger partial charge is 0.390 e. The van der Waals surface area contributed by atoms with Crippen molar-refractivity contribution in [3.63, 3.8) is 0 Å². The highest BCUT2D eigenvalue weighted by Gasteiger charge is 2.25. The van der Waals surface area contributed by atoms with Gasteiger partial charge < -0.3 is 15.7 Å². The molecule has 3 aromatic rings. The second-order valence-electron chi connectivity index (χ2n) is 8.75. The Bertz CT molecular complexity index is 1110. The predicted molar refractivity (Wildman–Crippen MR) is 130 cm³/mol. The van der Waals surface area contributed by atoms with Crippen molar-refractivity contribution in [2.24, 2.45) is 0 Å². The van der Waals surface area contributed by atoms with Gasteiger partial charge in [-0.1, -0.05) is 25.1 Å². The highest BCUT2D eigenvalue weighted by Crippen LogP contribution is 2.31. The minimum Gasteiger partial charge on any atom is -0.390 e. The molecule has 0 saturated heterocycles. The number of fused-ring (bicyclic) bond motifs is 1. The van der Waals surface area contributed by atoms with Crippen LogP contribution in [-0.4, -0.2) is 33.8 Å². The van der Waals surface area contributed by atoms with Crippen molar-refractivity contribution in [2.45, 2.75) is 57.2 Å². The van der Waals surface area contributed by atoms with Crippen LogP contribution in [0.3, 0.4) is 0 Å². The first-order valence-corrected chi connectivity index (χ1v) is 12.0. The number of hydrogen-bond acceptors (Lipinski definition) is 5. The molecule has 0 amide bonds. The molecular weight excluding hydrogens is 458 g/mol. The van der Waals surface area contributed by atoms with Gasteiger partial charge in [0.15, 0.2) is 0 Å². The summed E-state index contributed by atoms with van der Waals surface area (Å²) in [5.74, 6) is -0.884. The summed E-state index contributed by atoms with van der Waals surface area (Å²) in [5.41, 5.74) is 4.36. The van der Waals surface area contributed by atoms with E-state index in [4.69, 9.17) is 11.6 Å². The number of rotatable bonds is 9. The standard InChI is InChI=1S/C26H29ClF2N4O/c1-2-16-6-7-18-4-3-5-22(21(18)12-16)31-15-24(34)23(32-25-8-9-30-26(27)33-25)13-17-10-19(28)14-20(29)11-17/h6-12,14,22-24,31,34H,2-5,13,15H2,1H3,(H,30,32,33). The van der Waals surface area contributed by atoms with E-state index < -0.39 is 23.8 Å². The van der Waals surface area contributed by atoms with Crippen molar-refractivity contribution in [3.05, 3.63) is 87.8 Å². The van der Waals surface area contributed by atoms with E-state index >= 15 is 0 Å². The number of aryl methyl sites for hydroxylation is 2. The number of nitrogens with zero attached hydrogens (tertiary/aromatic N) is 2. The lowest BCUT2D eigenvalue weighted by molar-refractivity contribution is 0.143. The zero-order chi connectivity index (χ0) is 24.1. The smallest absolute Gasteiger partial charge is 0.224 e. The Hall–Kier alpha value is -2.61. The van der Waals surface area contributed by atoms with E-state index in [1.54, 1.807) is 6.07 Å². The van der Waals surface area contributed by atoms with Crippen LogP contribution in [0.4, 0.5) is 14.6 Å². The molecule has 5 nitrogen and oxygen atoms in total. The van der Waals surface area contributed by atoms with Crippen molar-refractivity contribution in [3.8, 4) is 0 Å². The molecule has 0 fully saturated rings. The van der Waals surface area contributed by atoms with E-state index in [0.29, 0.717) is 17.9 Å². The Labute approximate surface area is 203 Å². The molecule has 0 radical (unpaired) electrons. The molecule has 3 N–H and O–H groups in total. The SMILES string of the molecule is CCc1ccc2c(c1)C(NCC(O)C(Cc1cc(F)cc(F)c1)Nc1ccnc(Cl)n1)CCC2. The molecule has 34 heavy (non-hydrogen) atoms. The summed E-state index contributed by atoms with van der Waals surface area (Å²) in [6, 6.07) is 11.2. The fourth-order valence-electron chi connectivity index (χ4n) is 4.56. The van der Waals surface area contributed by atoms with E-state index in [1.807, 2.05) is 0 Å². The third-order valence-corrected chi connectivity index (χ3v) is 6.49. The average molecular weight is 487 g/mol. The normalized spacial score (nSPS) is 17.1. The molecule has 1 aliphatic rings. The quantitative estimate of drug-likeness (QED) is 0.370. The van der Waals surface area contributed by atoms with Crippen LogP contribution >= 0.6 is 11.6 Å². The first kappa shape index (κ1) is 24.5. The molecule has 1 heterocycles. The summed E-state index contributed by atoms with van der Waals surface area (Å²) in [6.07, 6.45) is 4.94. The van der Waals surface area contributed by atoms with Gasteiger partial charge in [-0.2, -0.15) is 0 Å². The van der Waals surface area contributed by atoms with E-state index in [1.165, 1.54) is 35.0 Å². The van der Waals surface area contributed by atoms with Crippen LogP contribution in [0.15, 0.2) is 48.7 Å². The third kappa shape index (κ3) is 6.29. The van der Waals surface area contributed by atoms with Crippen LogP contribution in [0, 0.1) is 11.6 Å². The monoisotopic (exact) mass is 486 g/mol. The molecule has 4 rings (SSSR count). The zero-order valence-electron chi connectivity index (χ0n) is 19.1. The molecule has 8 heteroatoms. The molecule has 180 valence electrons. The van der Waals surface area contributed by atoms with Crippen molar-refractivity contribution < 1.29 is 13.9 Å². The van der Waals surface area contributed by atoms with E-state index in [-0.39, 0.29) is 17.7 Å². The topological polar surface area (TPSA) is 70.1 Å². The maximum atomic E-state index is 13.8. The third-order valence-electron chi connectivity index (χ3n) is 6.31. The summed E-state index contributed by atoms with van der Waals surface area (Å²) < 4.78 is 27.6.